The summed E-state index contributed by atoms with van der Waals surface area (Å²) < 4.78 is 10.7. The zero-order chi connectivity index (χ0) is 23.2. The molecule has 7 nitrogen and oxygen atoms in total. The van der Waals surface area contributed by atoms with Gasteiger partial charge in [0.25, 0.3) is 0 Å². The van der Waals surface area contributed by atoms with Crippen LogP contribution in [0.3, 0.4) is 0 Å². The third kappa shape index (κ3) is 5.82. The van der Waals surface area contributed by atoms with Crippen molar-refractivity contribution in [2.75, 3.05) is 26.1 Å². The van der Waals surface area contributed by atoms with Crippen LogP contribution in [0, 0.1) is 0 Å². The number of aromatic nitrogens is 2. The number of benzene rings is 1. The van der Waals surface area contributed by atoms with Gasteiger partial charge in [0.2, 0.25) is 0 Å². The molecule has 33 heavy (non-hydrogen) atoms. The molecule has 4 rings (SSSR count). The highest BCUT2D eigenvalue weighted by atomic mass is 32.1. The number of carbonyl (C=O) groups is 1. The Morgan fingerprint density at radius 1 is 1.15 bits per heavy atom. The topological polar surface area (TPSA) is 93.6 Å². The minimum atomic E-state index is -0.872. The van der Waals surface area contributed by atoms with Crippen molar-refractivity contribution in [1.82, 2.24) is 9.97 Å². The maximum atomic E-state index is 11.6. The normalized spacial score (nSPS) is 13.6. The van der Waals surface area contributed by atoms with Crippen molar-refractivity contribution < 1.29 is 19.4 Å². The number of carboxylic acid groups (broad SMARTS) is 1. The number of aliphatic carboxylic acids is 1. The number of rotatable bonds is 10. The van der Waals surface area contributed by atoms with Crippen LogP contribution >= 0.6 is 11.3 Å². The van der Waals surface area contributed by atoms with Crippen LogP contribution in [-0.4, -0.2) is 41.8 Å². The van der Waals surface area contributed by atoms with E-state index >= 15 is 0 Å². The first-order valence-corrected chi connectivity index (χ1v) is 12.1. The maximum absolute atomic E-state index is 11.6. The molecule has 3 heterocycles. The Morgan fingerprint density at radius 3 is 2.67 bits per heavy atom. The minimum Gasteiger partial charge on any atom is -0.497 e. The predicted molar refractivity (Wildman–Crippen MR) is 129 cm³/mol. The summed E-state index contributed by atoms with van der Waals surface area (Å²) in [5, 5.41) is 15.9. The van der Waals surface area contributed by atoms with Crippen LogP contribution in [0.15, 0.2) is 35.7 Å². The van der Waals surface area contributed by atoms with Crippen LogP contribution in [0.4, 0.5) is 5.82 Å². The van der Waals surface area contributed by atoms with E-state index in [0.717, 1.165) is 66.4 Å². The van der Waals surface area contributed by atoms with Gasteiger partial charge in [0.15, 0.2) is 0 Å². The van der Waals surface area contributed by atoms with Gasteiger partial charge >= 0.3 is 5.97 Å². The molecule has 0 saturated heterocycles. The minimum absolute atomic E-state index is 0.0501. The molecule has 3 aromatic rings. The third-order valence-corrected chi connectivity index (χ3v) is 6.78. The maximum Gasteiger partial charge on any atom is 0.304 e. The van der Waals surface area contributed by atoms with Crippen molar-refractivity contribution >= 4 is 23.1 Å². The second kappa shape index (κ2) is 10.7. The number of hydrogen-bond donors (Lipinski definition) is 2. The lowest BCUT2D eigenvalue weighted by molar-refractivity contribution is -0.137. The fourth-order valence-electron chi connectivity index (χ4n) is 4.13. The van der Waals surface area contributed by atoms with Crippen LogP contribution in [0.2, 0.25) is 0 Å². The molecule has 1 aliphatic heterocycles. The van der Waals surface area contributed by atoms with Crippen molar-refractivity contribution in [1.29, 1.82) is 0 Å². The van der Waals surface area contributed by atoms with Gasteiger partial charge in [-0.3, -0.25) is 4.79 Å². The van der Waals surface area contributed by atoms with Crippen molar-refractivity contribution in [3.63, 3.8) is 0 Å². The van der Waals surface area contributed by atoms with Crippen molar-refractivity contribution in [2.45, 2.75) is 44.4 Å². The SMILES string of the molecule is COc1cc(OC)cc(C(CC(=O)O)c2csc(CCCc3ccc4c(n3)NCCC4)n2)c1. The van der Waals surface area contributed by atoms with E-state index in [1.54, 1.807) is 31.6 Å². The van der Waals surface area contributed by atoms with Gasteiger partial charge in [0.1, 0.15) is 17.3 Å². The highest BCUT2D eigenvalue weighted by Gasteiger charge is 2.22. The lowest BCUT2D eigenvalue weighted by Gasteiger charge is -2.17. The summed E-state index contributed by atoms with van der Waals surface area (Å²) in [6.07, 6.45) is 4.86. The summed E-state index contributed by atoms with van der Waals surface area (Å²) in [4.78, 5) is 21.2. The predicted octanol–water partition coefficient (Wildman–Crippen LogP) is 4.70. The zero-order valence-corrected chi connectivity index (χ0v) is 19.8. The van der Waals surface area contributed by atoms with Gasteiger partial charge in [-0.2, -0.15) is 0 Å². The van der Waals surface area contributed by atoms with Gasteiger partial charge in [-0.05, 0) is 61.4 Å². The first kappa shape index (κ1) is 23.0. The molecule has 1 atom stereocenters. The average molecular weight is 468 g/mol. The number of aryl methyl sites for hydroxylation is 3. The monoisotopic (exact) mass is 467 g/mol. The summed E-state index contributed by atoms with van der Waals surface area (Å²) in [6.45, 7) is 0.988. The molecular weight excluding hydrogens is 438 g/mol. The molecule has 1 unspecified atom stereocenters. The van der Waals surface area contributed by atoms with Gasteiger partial charge in [-0.25, -0.2) is 9.97 Å². The van der Waals surface area contributed by atoms with Gasteiger partial charge < -0.3 is 19.9 Å². The number of thiazole rings is 1. The van der Waals surface area contributed by atoms with E-state index in [-0.39, 0.29) is 12.3 Å². The molecule has 1 aliphatic rings. The Morgan fingerprint density at radius 2 is 1.94 bits per heavy atom. The Hall–Kier alpha value is -3.13. The number of methoxy groups -OCH3 is 2. The zero-order valence-electron chi connectivity index (χ0n) is 19.0. The number of ether oxygens (including phenoxy) is 2. The van der Waals surface area contributed by atoms with Crippen LogP contribution in [-0.2, 0) is 24.1 Å². The number of pyridine rings is 1. The molecule has 174 valence electrons. The highest BCUT2D eigenvalue weighted by Crippen LogP contribution is 2.34. The molecule has 0 saturated carbocycles. The van der Waals surface area contributed by atoms with Gasteiger partial charge in [-0.1, -0.05) is 6.07 Å². The molecule has 1 aromatic carbocycles. The quantitative estimate of drug-likeness (QED) is 0.446. The van der Waals surface area contributed by atoms with Gasteiger partial charge in [-0.15, -0.1) is 11.3 Å². The van der Waals surface area contributed by atoms with Crippen LogP contribution in [0.25, 0.3) is 0 Å². The number of hydrogen-bond acceptors (Lipinski definition) is 7. The summed E-state index contributed by atoms with van der Waals surface area (Å²) >= 11 is 1.58. The fraction of sp³-hybridized carbons (Fsp3) is 0.400. The van der Waals surface area contributed by atoms with Gasteiger partial charge in [0.05, 0.1) is 31.3 Å². The number of anilines is 1. The first-order chi connectivity index (χ1) is 16.1. The van der Waals surface area contributed by atoms with Crippen molar-refractivity contribution in [3.8, 4) is 11.5 Å². The van der Waals surface area contributed by atoms with E-state index in [0.29, 0.717) is 11.5 Å². The van der Waals surface area contributed by atoms with Crippen molar-refractivity contribution in [3.05, 3.63) is 63.2 Å². The second-order valence-corrected chi connectivity index (χ2v) is 9.10. The molecular formula is C25H29N3O4S. The smallest absolute Gasteiger partial charge is 0.304 e. The number of nitrogens with zero attached hydrogens (tertiary/aromatic N) is 2. The Kier molecular flexibility index (Phi) is 7.44. The average Bonchev–Trinajstić information content (AvgIpc) is 3.30. The molecule has 2 aromatic heterocycles. The third-order valence-electron chi connectivity index (χ3n) is 5.86. The molecule has 0 aliphatic carbocycles. The molecule has 8 heteroatoms. The lowest BCUT2D eigenvalue weighted by atomic mass is 9.92. The number of nitrogens with one attached hydrogen (secondary N) is 1. The molecule has 0 fully saturated rings. The summed E-state index contributed by atoms with van der Waals surface area (Å²) in [5.41, 5.74) is 3.97. The summed E-state index contributed by atoms with van der Waals surface area (Å²) in [6, 6.07) is 9.79. The largest absolute Gasteiger partial charge is 0.497 e. The number of fused-ring (bicyclic) bond motifs is 1. The molecule has 2 N–H and O–H groups in total. The Labute approximate surface area is 197 Å². The van der Waals surface area contributed by atoms with E-state index < -0.39 is 5.97 Å². The van der Waals surface area contributed by atoms with E-state index in [1.165, 1.54) is 5.56 Å². The summed E-state index contributed by atoms with van der Waals surface area (Å²) in [7, 11) is 3.17. The first-order valence-electron chi connectivity index (χ1n) is 11.2. The van der Waals surface area contributed by atoms with Crippen LogP contribution in [0.1, 0.15) is 52.7 Å². The number of carboxylic acids is 1. The second-order valence-electron chi connectivity index (χ2n) is 8.16. The Bertz CT molecular complexity index is 1090. The van der Waals surface area contributed by atoms with E-state index in [9.17, 15) is 9.90 Å². The molecule has 0 amide bonds. The van der Waals surface area contributed by atoms with E-state index in [1.807, 2.05) is 17.5 Å². The van der Waals surface area contributed by atoms with Crippen LogP contribution < -0.4 is 14.8 Å². The van der Waals surface area contributed by atoms with E-state index in [2.05, 4.69) is 17.4 Å². The summed E-state index contributed by atoms with van der Waals surface area (Å²) in [5.74, 6) is 1.04. The standard InChI is InChI=1S/C25H29N3O4S/c1-31-19-11-17(12-20(13-19)32-2)21(14-24(29)30)22-15-33-23(28-22)7-3-6-18-9-8-16-5-4-10-26-25(16)27-18/h8-9,11-13,15,21H,3-7,10,14H2,1-2H3,(H,26,27)(H,29,30). The van der Waals surface area contributed by atoms with Crippen LogP contribution in [0.5, 0.6) is 11.5 Å². The van der Waals surface area contributed by atoms with E-state index in [4.69, 9.17) is 19.4 Å². The van der Waals surface area contributed by atoms with Gasteiger partial charge in [0, 0.05) is 29.6 Å². The highest BCUT2D eigenvalue weighted by molar-refractivity contribution is 7.09. The fourth-order valence-corrected chi connectivity index (χ4v) is 5.02. The van der Waals surface area contributed by atoms with Crippen molar-refractivity contribution in [2.24, 2.45) is 0 Å². The molecule has 0 radical (unpaired) electrons. The molecule has 0 bridgehead atoms. The molecule has 0 spiro atoms. The lowest BCUT2D eigenvalue weighted by Crippen LogP contribution is -2.14. The Balaban J connectivity index is 1.45.